The molecule has 2 heterocycles. The molecule has 2 aliphatic heterocycles. The van der Waals surface area contributed by atoms with Crippen molar-refractivity contribution in [2.45, 2.75) is 58.1 Å². The molecule has 1 aromatic rings. The standard InChI is InChI=1S/C19H30N2O/c1-4-15-7-8-16-17(21(5-2)6-3)14-19(22-18(16)13-15)9-11-20-12-10-19/h7-8,13,17,20H,4-6,9-12,14H2,1-3H3. The van der Waals surface area contributed by atoms with Gasteiger partial charge in [0.15, 0.2) is 0 Å². The van der Waals surface area contributed by atoms with E-state index in [1.165, 1.54) is 11.1 Å². The zero-order valence-electron chi connectivity index (χ0n) is 14.3. The summed E-state index contributed by atoms with van der Waals surface area (Å²) in [6.45, 7) is 11.1. The van der Waals surface area contributed by atoms with Crippen LogP contribution in [0.25, 0.3) is 0 Å². The summed E-state index contributed by atoms with van der Waals surface area (Å²) in [5.41, 5.74) is 2.81. The van der Waals surface area contributed by atoms with Gasteiger partial charge in [-0.1, -0.05) is 32.9 Å². The van der Waals surface area contributed by atoms with Crippen molar-refractivity contribution in [2.24, 2.45) is 0 Å². The topological polar surface area (TPSA) is 24.5 Å². The molecule has 3 nitrogen and oxygen atoms in total. The molecule has 3 heteroatoms. The minimum Gasteiger partial charge on any atom is -0.487 e. The zero-order valence-corrected chi connectivity index (χ0v) is 14.3. The summed E-state index contributed by atoms with van der Waals surface area (Å²) in [7, 11) is 0. The second kappa shape index (κ2) is 6.59. The number of hydrogen-bond acceptors (Lipinski definition) is 3. The number of aryl methyl sites for hydroxylation is 1. The Morgan fingerprint density at radius 2 is 1.91 bits per heavy atom. The molecule has 1 spiro atoms. The number of piperidine rings is 1. The summed E-state index contributed by atoms with van der Waals surface area (Å²) in [5.74, 6) is 1.14. The zero-order chi connectivity index (χ0) is 15.6. The highest BCUT2D eigenvalue weighted by Gasteiger charge is 2.43. The van der Waals surface area contributed by atoms with E-state index in [9.17, 15) is 0 Å². The van der Waals surface area contributed by atoms with Gasteiger partial charge >= 0.3 is 0 Å². The molecule has 122 valence electrons. The van der Waals surface area contributed by atoms with Gasteiger partial charge in [0.2, 0.25) is 0 Å². The van der Waals surface area contributed by atoms with Crippen LogP contribution in [0.15, 0.2) is 18.2 Å². The minimum absolute atomic E-state index is 0.0396. The molecular formula is C19H30N2O. The van der Waals surface area contributed by atoms with Crippen molar-refractivity contribution in [3.8, 4) is 5.75 Å². The first-order valence-corrected chi connectivity index (χ1v) is 8.98. The van der Waals surface area contributed by atoms with Crippen LogP contribution in [0.4, 0.5) is 0 Å². The monoisotopic (exact) mass is 302 g/mol. The van der Waals surface area contributed by atoms with Gasteiger partial charge < -0.3 is 10.1 Å². The molecule has 0 bridgehead atoms. The van der Waals surface area contributed by atoms with E-state index in [4.69, 9.17) is 4.74 Å². The van der Waals surface area contributed by atoms with Gasteiger partial charge in [-0.3, -0.25) is 4.90 Å². The SMILES string of the molecule is CCc1ccc2c(c1)OC1(CCNCC1)CC2N(CC)CC. The summed E-state index contributed by atoms with van der Waals surface area (Å²) >= 11 is 0. The number of hydrogen-bond donors (Lipinski definition) is 1. The Bertz CT molecular complexity index is 504. The van der Waals surface area contributed by atoms with Gasteiger partial charge in [0.05, 0.1) is 0 Å². The van der Waals surface area contributed by atoms with Crippen LogP contribution >= 0.6 is 0 Å². The average molecular weight is 302 g/mol. The molecule has 2 aliphatic rings. The van der Waals surface area contributed by atoms with Crippen molar-refractivity contribution in [3.63, 3.8) is 0 Å². The van der Waals surface area contributed by atoms with Gasteiger partial charge in [0.25, 0.3) is 0 Å². The molecule has 1 N–H and O–H groups in total. The fourth-order valence-electron chi connectivity index (χ4n) is 4.08. The minimum atomic E-state index is 0.0396. The van der Waals surface area contributed by atoms with Crippen LogP contribution < -0.4 is 10.1 Å². The summed E-state index contributed by atoms with van der Waals surface area (Å²) in [6.07, 6.45) is 4.46. The molecule has 0 aromatic heterocycles. The molecule has 1 aromatic carbocycles. The van der Waals surface area contributed by atoms with Gasteiger partial charge in [0, 0.05) is 18.0 Å². The quantitative estimate of drug-likeness (QED) is 0.921. The van der Waals surface area contributed by atoms with E-state index < -0.39 is 0 Å². The Balaban J connectivity index is 1.99. The maximum Gasteiger partial charge on any atom is 0.125 e. The van der Waals surface area contributed by atoms with E-state index in [1.807, 2.05) is 0 Å². The van der Waals surface area contributed by atoms with Crippen LogP contribution in [0.1, 0.15) is 57.2 Å². The Labute approximate surface area is 135 Å². The van der Waals surface area contributed by atoms with E-state index in [0.717, 1.165) is 57.6 Å². The molecule has 0 amide bonds. The average Bonchev–Trinajstić information content (AvgIpc) is 2.56. The summed E-state index contributed by atoms with van der Waals surface area (Å²) in [6, 6.07) is 7.38. The second-order valence-corrected chi connectivity index (χ2v) is 6.70. The van der Waals surface area contributed by atoms with E-state index in [0.29, 0.717) is 6.04 Å². The Kier molecular flexibility index (Phi) is 4.74. The first-order chi connectivity index (χ1) is 10.7. The molecule has 1 unspecified atom stereocenters. The molecule has 3 rings (SSSR count). The molecule has 0 radical (unpaired) electrons. The van der Waals surface area contributed by atoms with Crippen LogP contribution in [0.3, 0.4) is 0 Å². The van der Waals surface area contributed by atoms with Crippen molar-refractivity contribution in [1.29, 1.82) is 0 Å². The van der Waals surface area contributed by atoms with E-state index in [-0.39, 0.29) is 5.60 Å². The highest BCUT2D eigenvalue weighted by molar-refractivity contribution is 5.42. The second-order valence-electron chi connectivity index (χ2n) is 6.70. The molecule has 1 saturated heterocycles. The lowest BCUT2D eigenvalue weighted by Gasteiger charge is -2.47. The van der Waals surface area contributed by atoms with E-state index in [1.54, 1.807) is 0 Å². The predicted octanol–water partition coefficient (Wildman–Crippen LogP) is 3.54. The maximum atomic E-state index is 6.61. The van der Waals surface area contributed by atoms with Gasteiger partial charge in [-0.05, 0) is 57.1 Å². The number of nitrogens with zero attached hydrogens (tertiary/aromatic N) is 1. The first kappa shape index (κ1) is 15.8. The van der Waals surface area contributed by atoms with Crippen LogP contribution in [-0.4, -0.2) is 36.7 Å². The number of rotatable bonds is 4. The van der Waals surface area contributed by atoms with Crippen molar-refractivity contribution in [2.75, 3.05) is 26.2 Å². The largest absolute Gasteiger partial charge is 0.487 e. The lowest BCUT2D eigenvalue weighted by Crippen LogP contribution is -2.51. The molecular weight excluding hydrogens is 272 g/mol. The number of fused-ring (bicyclic) bond motifs is 1. The first-order valence-electron chi connectivity index (χ1n) is 8.98. The fourth-order valence-corrected chi connectivity index (χ4v) is 4.08. The maximum absolute atomic E-state index is 6.61. The van der Waals surface area contributed by atoms with Gasteiger partial charge in [-0.25, -0.2) is 0 Å². The number of ether oxygens (including phenoxy) is 1. The number of benzene rings is 1. The Hall–Kier alpha value is -1.06. The van der Waals surface area contributed by atoms with Crippen LogP contribution in [-0.2, 0) is 6.42 Å². The van der Waals surface area contributed by atoms with Gasteiger partial charge in [0.1, 0.15) is 11.4 Å². The highest BCUT2D eigenvalue weighted by atomic mass is 16.5. The van der Waals surface area contributed by atoms with Gasteiger partial charge in [-0.2, -0.15) is 0 Å². The molecule has 1 fully saturated rings. The van der Waals surface area contributed by atoms with Crippen LogP contribution in [0, 0.1) is 0 Å². The summed E-state index contributed by atoms with van der Waals surface area (Å²) in [5, 5.41) is 3.48. The number of nitrogens with one attached hydrogen (secondary N) is 1. The van der Waals surface area contributed by atoms with Crippen molar-refractivity contribution in [1.82, 2.24) is 10.2 Å². The molecule has 22 heavy (non-hydrogen) atoms. The van der Waals surface area contributed by atoms with Crippen molar-refractivity contribution >= 4 is 0 Å². The van der Waals surface area contributed by atoms with Gasteiger partial charge in [-0.15, -0.1) is 0 Å². The third kappa shape index (κ3) is 2.89. The molecule has 1 atom stereocenters. The third-order valence-corrected chi connectivity index (χ3v) is 5.50. The predicted molar refractivity (Wildman–Crippen MR) is 91.6 cm³/mol. The lowest BCUT2D eigenvalue weighted by atomic mass is 9.80. The molecule has 0 aliphatic carbocycles. The Morgan fingerprint density at radius 3 is 2.55 bits per heavy atom. The summed E-state index contributed by atoms with van der Waals surface area (Å²) in [4.78, 5) is 2.59. The van der Waals surface area contributed by atoms with E-state index >= 15 is 0 Å². The van der Waals surface area contributed by atoms with Crippen molar-refractivity contribution in [3.05, 3.63) is 29.3 Å². The summed E-state index contributed by atoms with van der Waals surface area (Å²) < 4.78 is 6.61. The lowest BCUT2D eigenvalue weighted by molar-refractivity contribution is -0.0183. The Morgan fingerprint density at radius 1 is 1.18 bits per heavy atom. The normalized spacial score (nSPS) is 23.4. The van der Waals surface area contributed by atoms with Crippen molar-refractivity contribution < 1.29 is 4.74 Å². The van der Waals surface area contributed by atoms with E-state index in [2.05, 4.69) is 49.2 Å². The highest BCUT2D eigenvalue weighted by Crippen LogP contribution is 2.46. The van der Waals surface area contributed by atoms with Crippen LogP contribution in [0.5, 0.6) is 5.75 Å². The fraction of sp³-hybridized carbons (Fsp3) is 0.684. The smallest absolute Gasteiger partial charge is 0.125 e. The molecule has 0 saturated carbocycles. The van der Waals surface area contributed by atoms with Crippen LogP contribution in [0.2, 0.25) is 0 Å². The third-order valence-electron chi connectivity index (χ3n) is 5.50.